The molecule has 0 aliphatic carbocycles. The summed E-state index contributed by atoms with van der Waals surface area (Å²) in [6, 6.07) is 8.97. The maximum atomic E-state index is 5.65. The smallest absolute Gasteiger partial charge is 0.0226 e. The Morgan fingerprint density at radius 1 is 0.929 bits per heavy atom. The molecule has 0 unspecified atom stereocenters. The number of halogens is 1. The van der Waals surface area contributed by atoms with Crippen LogP contribution in [0.4, 0.5) is 0 Å². The summed E-state index contributed by atoms with van der Waals surface area (Å²) in [6.45, 7) is 2.23. The van der Waals surface area contributed by atoms with Crippen molar-refractivity contribution in [3.05, 3.63) is 35.4 Å². The highest BCUT2D eigenvalue weighted by molar-refractivity contribution is 6.17. The lowest BCUT2D eigenvalue weighted by atomic mass is 10.0. The van der Waals surface area contributed by atoms with Crippen LogP contribution in [0.15, 0.2) is 24.3 Å². The molecule has 1 aromatic carbocycles. The number of aryl methyl sites for hydroxylation is 2. The van der Waals surface area contributed by atoms with Crippen LogP contribution in [0.3, 0.4) is 0 Å². The summed E-state index contributed by atoms with van der Waals surface area (Å²) in [6.07, 6.45) is 5.97. The van der Waals surface area contributed by atoms with Gasteiger partial charge in [-0.05, 0) is 36.8 Å². The van der Waals surface area contributed by atoms with Gasteiger partial charge in [0.25, 0.3) is 0 Å². The van der Waals surface area contributed by atoms with Gasteiger partial charge in [-0.3, -0.25) is 0 Å². The first-order valence-corrected chi connectivity index (χ1v) is 6.04. The molecule has 0 saturated carbocycles. The molecule has 0 spiro atoms. The Morgan fingerprint density at radius 3 is 1.86 bits per heavy atom. The summed E-state index contributed by atoms with van der Waals surface area (Å²) < 4.78 is 0. The van der Waals surface area contributed by atoms with E-state index >= 15 is 0 Å². The van der Waals surface area contributed by atoms with Gasteiger partial charge in [0.05, 0.1) is 0 Å². The van der Waals surface area contributed by atoms with Crippen LogP contribution >= 0.6 is 11.6 Å². The van der Waals surface area contributed by atoms with Crippen molar-refractivity contribution in [1.82, 2.24) is 0 Å². The van der Waals surface area contributed by atoms with Crippen molar-refractivity contribution in [1.29, 1.82) is 0 Å². The second kappa shape index (κ2) is 6.89. The van der Waals surface area contributed by atoms with Crippen LogP contribution in [-0.2, 0) is 12.8 Å². The standard InChI is InChI=1S/C13H19Cl/c1-2-3-5-12-7-9-13(10-8-12)6-4-11-14/h7-10H,2-6,11H2,1H3. The van der Waals surface area contributed by atoms with Crippen LogP contribution in [0.25, 0.3) is 0 Å². The van der Waals surface area contributed by atoms with E-state index in [4.69, 9.17) is 11.6 Å². The Morgan fingerprint density at radius 2 is 1.43 bits per heavy atom. The predicted molar refractivity (Wildman–Crippen MR) is 64.1 cm³/mol. The minimum Gasteiger partial charge on any atom is -0.127 e. The number of rotatable bonds is 6. The van der Waals surface area contributed by atoms with Crippen molar-refractivity contribution >= 4 is 11.6 Å². The molecule has 1 rings (SSSR count). The molecule has 78 valence electrons. The molecule has 14 heavy (non-hydrogen) atoms. The second-order valence-electron chi connectivity index (χ2n) is 3.71. The summed E-state index contributed by atoms with van der Waals surface area (Å²) in [5.74, 6) is 0.761. The van der Waals surface area contributed by atoms with Gasteiger partial charge in [0.1, 0.15) is 0 Å². The maximum absolute atomic E-state index is 5.65. The van der Waals surface area contributed by atoms with Gasteiger partial charge < -0.3 is 0 Å². The second-order valence-corrected chi connectivity index (χ2v) is 4.09. The van der Waals surface area contributed by atoms with E-state index < -0.39 is 0 Å². The van der Waals surface area contributed by atoms with Gasteiger partial charge >= 0.3 is 0 Å². The van der Waals surface area contributed by atoms with Gasteiger partial charge in [-0.2, -0.15) is 0 Å². The van der Waals surface area contributed by atoms with Gasteiger partial charge in [-0.15, -0.1) is 11.6 Å². The first kappa shape index (κ1) is 11.6. The van der Waals surface area contributed by atoms with Crippen molar-refractivity contribution in [2.45, 2.75) is 39.0 Å². The molecule has 1 aromatic rings. The van der Waals surface area contributed by atoms with E-state index in [-0.39, 0.29) is 0 Å². The zero-order chi connectivity index (χ0) is 10.2. The number of hydrogen-bond donors (Lipinski definition) is 0. The minimum absolute atomic E-state index is 0.761. The summed E-state index contributed by atoms with van der Waals surface area (Å²) in [5.41, 5.74) is 2.87. The van der Waals surface area contributed by atoms with Crippen molar-refractivity contribution in [3.63, 3.8) is 0 Å². The molecule has 0 bridgehead atoms. The van der Waals surface area contributed by atoms with Gasteiger partial charge in [-0.25, -0.2) is 0 Å². The van der Waals surface area contributed by atoms with Gasteiger partial charge in [0, 0.05) is 5.88 Å². The van der Waals surface area contributed by atoms with Crippen LogP contribution < -0.4 is 0 Å². The molecule has 0 fully saturated rings. The zero-order valence-electron chi connectivity index (χ0n) is 8.93. The van der Waals surface area contributed by atoms with E-state index in [2.05, 4.69) is 31.2 Å². The van der Waals surface area contributed by atoms with Crippen molar-refractivity contribution < 1.29 is 0 Å². The average molecular weight is 211 g/mol. The Labute approximate surface area is 92.3 Å². The fourth-order valence-electron chi connectivity index (χ4n) is 1.52. The quantitative estimate of drug-likeness (QED) is 0.618. The normalized spacial score (nSPS) is 10.4. The van der Waals surface area contributed by atoms with Crippen LogP contribution in [0, 0.1) is 0 Å². The molecule has 0 amide bonds. The summed E-state index contributed by atoms with van der Waals surface area (Å²) in [4.78, 5) is 0. The molecule has 0 heterocycles. The first-order valence-electron chi connectivity index (χ1n) is 5.50. The summed E-state index contributed by atoms with van der Waals surface area (Å²) in [7, 11) is 0. The third kappa shape index (κ3) is 4.15. The van der Waals surface area contributed by atoms with E-state index in [0.717, 1.165) is 18.7 Å². The number of benzene rings is 1. The summed E-state index contributed by atoms with van der Waals surface area (Å²) >= 11 is 5.65. The van der Waals surface area contributed by atoms with Crippen molar-refractivity contribution in [3.8, 4) is 0 Å². The maximum Gasteiger partial charge on any atom is 0.0226 e. The first-order chi connectivity index (χ1) is 6.86. The third-order valence-electron chi connectivity index (χ3n) is 2.44. The van der Waals surface area contributed by atoms with Gasteiger partial charge in [-0.1, -0.05) is 37.6 Å². The van der Waals surface area contributed by atoms with E-state index in [9.17, 15) is 0 Å². The van der Waals surface area contributed by atoms with E-state index in [1.165, 1.54) is 30.4 Å². The average Bonchev–Trinajstić information content (AvgIpc) is 2.25. The molecular weight excluding hydrogens is 192 g/mol. The van der Waals surface area contributed by atoms with E-state index in [1.807, 2.05) is 0 Å². The molecule has 0 atom stereocenters. The molecule has 0 nitrogen and oxygen atoms in total. The third-order valence-corrected chi connectivity index (χ3v) is 2.71. The Balaban J connectivity index is 2.42. The highest BCUT2D eigenvalue weighted by Gasteiger charge is 1.94. The van der Waals surface area contributed by atoms with Crippen LogP contribution in [0.5, 0.6) is 0 Å². The van der Waals surface area contributed by atoms with Crippen LogP contribution in [-0.4, -0.2) is 5.88 Å². The van der Waals surface area contributed by atoms with E-state index in [1.54, 1.807) is 0 Å². The van der Waals surface area contributed by atoms with Crippen molar-refractivity contribution in [2.75, 3.05) is 5.88 Å². The molecular formula is C13H19Cl. The lowest BCUT2D eigenvalue weighted by Gasteiger charge is -2.02. The monoisotopic (exact) mass is 210 g/mol. The van der Waals surface area contributed by atoms with E-state index in [0.29, 0.717) is 0 Å². The highest BCUT2D eigenvalue weighted by atomic mass is 35.5. The number of unbranched alkanes of at least 4 members (excludes halogenated alkanes) is 1. The topological polar surface area (TPSA) is 0 Å². The molecule has 1 heteroatoms. The predicted octanol–water partition coefficient (Wildman–Crippen LogP) is 4.20. The lowest BCUT2D eigenvalue weighted by molar-refractivity contribution is 0.794. The fourth-order valence-corrected chi connectivity index (χ4v) is 1.66. The molecule has 0 N–H and O–H groups in total. The SMILES string of the molecule is CCCCc1ccc(CCCCl)cc1. The molecule has 0 aromatic heterocycles. The highest BCUT2D eigenvalue weighted by Crippen LogP contribution is 2.09. The fraction of sp³-hybridized carbons (Fsp3) is 0.538. The Hall–Kier alpha value is -0.490. The van der Waals surface area contributed by atoms with Gasteiger partial charge in [0.15, 0.2) is 0 Å². The summed E-state index contributed by atoms with van der Waals surface area (Å²) in [5, 5.41) is 0. The lowest BCUT2D eigenvalue weighted by Crippen LogP contribution is -1.88. The Kier molecular flexibility index (Phi) is 5.70. The number of hydrogen-bond acceptors (Lipinski definition) is 0. The van der Waals surface area contributed by atoms with Gasteiger partial charge in [0.2, 0.25) is 0 Å². The zero-order valence-corrected chi connectivity index (χ0v) is 9.69. The molecule has 0 aliphatic rings. The largest absolute Gasteiger partial charge is 0.127 e. The molecule has 0 aliphatic heterocycles. The minimum atomic E-state index is 0.761. The Bertz CT molecular complexity index is 211. The number of alkyl halides is 1. The van der Waals surface area contributed by atoms with Crippen LogP contribution in [0.2, 0.25) is 0 Å². The van der Waals surface area contributed by atoms with Crippen LogP contribution in [0.1, 0.15) is 37.3 Å². The molecule has 0 radical (unpaired) electrons. The van der Waals surface area contributed by atoms with Crippen molar-refractivity contribution in [2.24, 2.45) is 0 Å². The molecule has 0 saturated heterocycles.